The third kappa shape index (κ3) is 2.86. The van der Waals surface area contributed by atoms with Gasteiger partial charge in [-0.05, 0) is 37.4 Å². The quantitative estimate of drug-likeness (QED) is 0.945. The lowest BCUT2D eigenvalue weighted by atomic mass is 9.94. The second-order valence-electron chi connectivity index (χ2n) is 6.02. The summed E-state index contributed by atoms with van der Waals surface area (Å²) in [6.07, 6.45) is 4.53. The van der Waals surface area contributed by atoms with Crippen molar-refractivity contribution in [1.29, 1.82) is 0 Å². The van der Waals surface area contributed by atoms with E-state index in [1.54, 1.807) is 11.3 Å². The Morgan fingerprint density at radius 2 is 2.33 bits per heavy atom. The van der Waals surface area contributed by atoms with Crippen LogP contribution in [0.5, 0.6) is 0 Å². The van der Waals surface area contributed by atoms with Crippen molar-refractivity contribution < 1.29 is 0 Å². The minimum absolute atomic E-state index is 0.702. The number of fused-ring (bicyclic) bond motifs is 1. The summed E-state index contributed by atoms with van der Waals surface area (Å²) in [6, 6.07) is 6.68. The molecular formula is C16H20N4S. The van der Waals surface area contributed by atoms with Gasteiger partial charge in [-0.25, -0.2) is 4.98 Å². The van der Waals surface area contributed by atoms with Crippen LogP contribution in [0.3, 0.4) is 0 Å². The van der Waals surface area contributed by atoms with E-state index in [0.29, 0.717) is 6.04 Å². The molecule has 110 valence electrons. The molecule has 2 aliphatic heterocycles. The molecule has 2 aromatic heterocycles. The number of piperidine rings is 1. The first-order valence-electron chi connectivity index (χ1n) is 7.70. The number of nitrogens with zero attached hydrogens (tertiary/aromatic N) is 3. The van der Waals surface area contributed by atoms with Gasteiger partial charge in [-0.1, -0.05) is 6.07 Å². The van der Waals surface area contributed by atoms with Gasteiger partial charge in [-0.15, -0.1) is 11.3 Å². The number of hydrogen-bond acceptors (Lipinski definition) is 5. The van der Waals surface area contributed by atoms with Crippen molar-refractivity contribution in [2.45, 2.75) is 25.4 Å². The van der Waals surface area contributed by atoms with Gasteiger partial charge in [0.15, 0.2) is 0 Å². The molecule has 2 aromatic rings. The van der Waals surface area contributed by atoms with Crippen LogP contribution in [0, 0.1) is 5.92 Å². The van der Waals surface area contributed by atoms with Gasteiger partial charge in [-0.2, -0.15) is 0 Å². The zero-order valence-electron chi connectivity index (χ0n) is 12.0. The predicted octanol–water partition coefficient (Wildman–Crippen LogP) is 2.39. The van der Waals surface area contributed by atoms with Gasteiger partial charge < -0.3 is 5.32 Å². The van der Waals surface area contributed by atoms with Gasteiger partial charge >= 0.3 is 0 Å². The maximum Gasteiger partial charge on any atom is 0.142 e. The lowest BCUT2D eigenvalue weighted by Gasteiger charge is -2.24. The summed E-state index contributed by atoms with van der Waals surface area (Å²) >= 11 is 1.70. The predicted molar refractivity (Wildman–Crippen MR) is 85.1 cm³/mol. The Morgan fingerprint density at radius 1 is 1.33 bits per heavy atom. The lowest BCUT2D eigenvalue weighted by Crippen LogP contribution is -2.40. The Kier molecular flexibility index (Phi) is 3.71. The Morgan fingerprint density at radius 3 is 3.19 bits per heavy atom. The molecule has 0 radical (unpaired) electrons. The molecule has 2 atom stereocenters. The molecule has 2 unspecified atom stereocenters. The second kappa shape index (κ2) is 5.83. The molecule has 0 aliphatic carbocycles. The summed E-state index contributed by atoms with van der Waals surface area (Å²) in [4.78, 5) is 11.7. The van der Waals surface area contributed by atoms with Crippen LogP contribution in [0.1, 0.15) is 18.5 Å². The van der Waals surface area contributed by atoms with Crippen molar-refractivity contribution in [1.82, 2.24) is 20.2 Å². The van der Waals surface area contributed by atoms with Crippen molar-refractivity contribution >= 4 is 11.3 Å². The molecule has 2 fully saturated rings. The van der Waals surface area contributed by atoms with Crippen molar-refractivity contribution in [2.75, 3.05) is 19.6 Å². The number of hydrogen-bond donors (Lipinski definition) is 1. The third-order valence-electron chi connectivity index (χ3n) is 4.50. The largest absolute Gasteiger partial charge is 0.312 e. The van der Waals surface area contributed by atoms with Crippen molar-refractivity contribution in [3.63, 3.8) is 0 Å². The van der Waals surface area contributed by atoms with Crippen molar-refractivity contribution in [2.24, 2.45) is 5.92 Å². The first kappa shape index (κ1) is 13.4. The molecule has 0 spiro atoms. The molecule has 21 heavy (non-hydrogen) atoms. The van der Waals surface area contributed by atoms with Crippen molar-refractivity contribution in [3.8, 4) is 10.7 Å². The number of pyridine rings is 1. The van der Waals surface area contributed by atoms with E-state index < -0.39 is 0 Å². The average Bonchev–Trinajstić information content (AvgIpc) is 3.14. The fourth-order valence-corrected chi connectivity index (χ4v) is 4.27. The molecule has 0 aromatic carbocycles. The highest BCUT2D eigenvalue weighted by Gasteiger charge is 2.34. The zero-order valence-corrected chi connectivity index (χ0v) is 12.9. The molecular weight excluding hydrogens is 280 g/mol. The topological polar surface area (TPSA) is 41.1 Å². The third-order valence-corrected chi connectivity index (χ3v) is 5.41. The fraction of sp³-hybridized carbons (Fsp3) is 0.500. The number of rotatable bonds is 3. The van der Waals surface area contributed by atoms with E-state index in [4.69, 9.17) is 4.98 Å². The summed E-state index contributed by atoms with van der Waals surface area (Å²) in [5.41, 5.74) is 2.16. The fourth-order valence-electron chi connectivity index (χ4n) is 3.48. The summed E-state index contributed by atoms with van der Waals surface area (Å²) in [7, 11) is 0. The van der Waals surface area contributed by atoms with Gasteiger partial charge in [0.05, 0.1) is 11.4 Å². The molecule has 4 rings (SSSR count). The molecule has 2 aliphatic rings. The summed E-state index contributed by atoms with van der Waals surface area (Å²) < 4.78 is 0. The number of aromatic nitrogens is 2. The minimum atomic E-state index is 0.702. The highest BCUT2D eigenvalue weighted by atomic mass is 32.1. The maximum absolute atomic E-state index is 4.76. The van der Waals surface area contributed by atoms with Crippen molar-refractivity contribution in [3.05, 3.63) is 35.5 Å². The van der Waals surface area contributed by atoms with E-state index in [1.807, 2.05) is 24.4 Å². The lowest BCUT2D eigenvalue weighted by molar-refractivity contribution is 0.310. The zero-order chi connectivity index (χ0) is 14.1. The maximum atomic E-state index is 4.76. The number of nitrogens with one attached hydrogen (secondary N) is 1. The van der Waals surface area contributed by atoms with Gasteiger partial charge in [0.2, 0.25) is 0 Å². The number of likely N-dealkylation sites (tertiary alicyclic amines) is 1. The highest BCUT2D eigenvalue weighted by Crippen LogP contribution is 2.27. The monoisotopic (exact) mass is 300 g/mol. The number of thiazole rings is 1. The standard InChI is InChI=1S/C16H20N4S/c1-2-6-17-14(5-1)16-19-13(11-21-16)9-20-8-12-4-3-7-18-15(12)10-20/h1-2,5-6,11-12,15,18H,3-4,7-10H2. The van der Waals surface area contributed by atoms with Crippen LogP contribution >= 0.6 is 11.3 Å². The van der Waals surface area contributed by atoms with Crippen LogP contribution in [0.4, 0.5) is 0 Å². The van der Waals surface area contributed by atoms with E-state index in [9.17, 15) is 0 Å². The van der Waals surface area contributed by atoms with E-state index in [-0.39, 0.29) is 0 Å². The smallest absolute Gasteiger partial charge is 0.142 e. The van der Waals surface area contributed by atoms with Crippen LogP contribution in [-0.2, 0) is 6.54 Å². The van der Waals surface area contributed by atoms with Gasteiger partial charge in [0.1, 0.15) is 5.01 Å². The van der Waals surface area contributed by atoms with E-state index >= 15 is 0 Å². The first-order valence-corrected chi connectivity index (χ1v) is 8.58. The SMILES string of the molecule is c1ccc(-c2nc(CN3CC4CCCNC4C3)cs2)nc1. The normalized spacial score (nSPS) is 25.9. The molecule has 2 saturated heterocycles. The second-order valence-corrected chi connectivity index (χ2v) is 6.87. The van der Waals surface area contributed by atoms with Crippen LogP contribution < -0.4 is 5.32 Å². The molecule has 0 bridgehead atoms. The van der Waals surface area contributed by atoms with Gasteiger partial charge in [0.25, 0.3) is 0 Å². The van der Waals surface area contributed by atoms with E-state index in [0.717, 1.165) is 23.2 Å². The molecule has 1 N–H and O–H groups in total. The molecule has 5 heteroatoms. The Hall–Kier alpha value is -1.30. The summed E-state index contributed by atoms with van der Waals surface area (Å²) in [6.45, 7) is 4.54. The van der Waals surface area contributed by atoms with Gasteiger partial charge in [-0.3, -0.25) is 9.88 Å². The molecule has 0 amide bonds. The average molecular weight is 300 g/mol. The van der Waals surface area contributed by atoms with Crippen LogP contribution in [0.2, 0.25) is 0 Å². The van der Waals surface area contributed by atoms with E-state index in [1.165, 1.54) is 38.2 Å². The summed E-state index contributed by atoms with van der Waals surface area (Å²) in [5, 5.41) is 6.87. The highest BCUT2D eigenvalue weighted by molar-refractivity contribution is 7.13. The van der Waals surface area contributed by atoms with Crippen LogP contribution in [0.15, 0.2) is 29.8 Å². The minimum Gasteiger partial charge on any atom is -0.312 e. The molecule has 0 saturated carbocycles. The Labute approximate surface area is 129 Å². The first-order chi connectivity index (χ1) is 10.4. The van der Waals surface area contributed by atoms with Crippen LogP contribution in [0.25, 0.3) is 10.7 Å². The Bertz CT molecular complexity index is 583. The summed E-state index contributed by atoms with van der Waals surface area (Å²) in [5.74, 6) is 0.840. The Balaban J connectivity index is 1.43. The van der Waals surface area contributed by atoms with Crippen LogP contribution in [-0.4, -0.2) is 40.5 Å². The molecule has 4 nitrogen and oxygen atoms in total. The van der Waals surface area contributed by atoms with Gasteiger partial charge in [0, 0.05) is 37.3 Å². The van der Waals surface area contributed by atoms with E-state index in [2.05, 4.69) is 20.6 Å². The molecule has 4 heterocycles.